The van der Waals surface area contributed by atoms with Crippen LogP contribution in [-0.2, 0) is 6.42 Å². The Kier molecular flexibility index (Phi) is 5.09. The minimum Gasteiger partial charge on any atom is -0.364 e. The maximum absolute atomic E-state index is 13.3. The van der Waals surface area contributed by atoms with Crippen molar-refractivity contribution in [3.8, 4) is 0 Å². The zero-order valence-corrected chi connectivity index (χ0v) is 12.5. The number of benzene rings is 2. The summed E-state index contributed by atoms with van der Waals surface area (Å²) in [5.74, 6) is -0.241. The Morgan fingerprint density at radius 3 is 2.38 bits per heavy atom. The van der Waals surface area contributed by atoms with E-state index in [1.165, 1.54) is 17.7 Å². The van der Waals surface area contributed by atoms with Gasteiger partial charge in [0.05, 0.1) is 6.54 Å². The van der Waals surface area contributed by atoms with Gasteiger partial charge in [-0.05, 0) is 37.1 Å². The number of carbonyl (C=O) groups excluding carboxylic acids is 1. The van der Waals surface area contributed by atoms with Crippen LogP contribution in [0.4, 0.5) is 10.1 Å². The van der Waals surface area contributed by atoms with Crippen molar-refractivity contribution in [2.75, 3.05) is 18.0 Å². The van der Waals surface area contributed by atoms with Gasteiger partial charge in [0.15, 0.2) is 5.78 Å². The fourth-order valence-electron chi connectivity index (χ4n) is 2.25. The molecule has 0 heterocycles. The van der Waals surface area contributed by atoms with Gasteiger partial charge in [0.1, 0.15) is 5.82 Å². The molecule has 0 fully saturated rings. The summed E-state index contributed by atoms with van der Waals surface area (Å²) in [6, 6.07) is 14.0. The number of nitrogens with zero attached hydrogens (tertiary/aromatic N) is 1. The fraction of sp³-hybridized carbons (Fsp3) is 0.278. The minimum absolute atomic E-state index is 0.0452. The van der Waals surface area contributed by atoms with Gasteiger partial charge in [-0.1, -0.05) is 37.3 Å². The number of carbonyl (C=O) groups is 1. The molecule has 2 rings (SSSR count). The van der Waals surface area contributed by atoms with Crippen molar-refractivity contribution >= 4 is 11.5 Å². The van der Waals surface area contributed by atoms with Gasteiger partial charge in [-0.2, -0.15) is 0 Å². The number of rotatable bonds is 6. The van der Waals surface area contributed by atoms with E-state index in [2.05, 4.69) is 6.92 Å². The monoisotopic (exact) mass is 285 g/mol. The second kappa shape index (κ2) is 7.02. The molecule has 0 saturated carbocycles. The van der Waals surface area contributed by atoms with Crippen LogP contribution >= 0.6 is 0 Å². The molecule has 2 nitrogen and oxygen atoms in total. The third-order valence-corrected chi connectivity index (χ3v) is 3.57. The summed E-state index contributed by atoms with van der Waals surface area (Å²) < 4.78 is 13.3. The topological polar surface area (TPSA) is 20.3 Å². The molecular formula is C18H20FNO. The average molecular weight is 285 g/mol. The molecular weight excluding hydrogens is 265 g/mol. The second-order valence-electron chi connectivity index (χ2n) is 4.97. The van der Waals surface area contributed by atoms with Crippen molar-refractivity contribution in [2.24, 2.45) is 0 Å². The Balaban J connectivity index is 2.12. The van der Waals surface area contributed by atoms with Crippen LogP contribution in [0.25, 0.3) is 0 Å². The molecule has 0 bridgehead atoms. The molecule has 0 aliphatic carbocycles. The van der Waals surface area contributed by atoms with Gasteiger partial charge < -0.3 is 4.90 Å². The van der Waals surface area contributed by atoms with Crippen molar-refractivity contribution in [3.05, 3.63) is 65.5 Å². The Bertz CT molecular complexity index is 607. The Morgan fingerprint density at radius 2 is 1.81 bits per heavy atom. The minimum atomic E-state index is -0.286. The molecule has 0 N–H and O–H groups in total. The highest BCUT2D eigenvalue weighted by Gasteiger charge is 2.12. The molecule has 2 aromatic carbocycles. The van der Waals surface area contributed by atoms with Crippen LogP contribution in [0.1, 0.15) is 29.8 Å². The van der Waals surface area contributed by atoms with E-state index in [0.29, 0.717) is 12.1 Å². The van der Waals surface area contributed by atoms with E-state index in [0.717, 1.165) is 12.1 Å². The summed E-state index contributed by atoms with van der Waals surface area (Å²) in [6.45, 7) is 4.95. The first kappa shape index (κ1) is 15.2. The average Bonchev–Trinajstić information content (AvgIpc) is 2.52. The van der Waals surface area contributed by atoms with Crippen molar-refractivity contribution in [2.45, 2.75) is 20.3 Å². The lowest BCUT2D eigenvalue weighted by Gasteiger charge is -2.22. The summed E-state index contributed by atoms with van der Waals surface area (Å²) >= 11 is 0. The molecule has 0 aliphatic heterocycles. The first-order valence-corrected chi connectivity index (χ1v) is 7.26. The largest absolute Gasteiger partial charge is 0.364 e. The van der Waals surface area contributed by atoms with Crippen LogP contribution in [0.5, 0.6) is 0 Å². The number of hydrogen-bond acceptors (Lipinski definition) is 2. The summed E-state index contributed by atoms with van der Waals surface area (Å²) in [4.78, 5) is 14.2. The van der Waals surface area contributed by atoms with Gasteiger partial charge in [0.2, 0.25) is 0 Å². The maximum atomic E-state index is 13.3. The zero-order chi connectivity index (χ0) is 15.2. The number of Topliss-reactive ketones (excluding diaryl/α,β-unsaturated/α-hetero) is 1. The number of ketones is 1. The number of aryl methyl sites for hydroxylation is 1. The molecule has 0 aliphatic rings. The Labute approximate surface area is 125 Å². The van der Waals surface area contributed by atoms with Crippen molar-refractivity contribution in [1.29, 1.82) is 0 Å². The molecule has 0 spiro atoms. The van der Waals surface area contributed by atoms with Gasteiger partial charge in [-0.3, -0.25) is 4.79 Å². The van der Waals surface area contributed by atoms with E-state index < -0.39 is 0 Å². The Hall–Kier alpha value is -2.16. The van der Waals surface area contributed by atoms with Gasteiger partial charge in [0, 0.05) is 17.8 Å². The van der Waals surface area contributed by atoms with Gasteiger partial charge in [-0.15, -0.1) is 0 Å². The third kappa shape index (κ3) is 3.91. The van der Waals surface area contributed by atoms with Crippen LogP contribution in [-0.4, -0.2) is 18.9 Å². The SMILES string of the molecule is CCc1ccc(C(=O)CN(CC)c2cccc(F)c2)cc1. The lowest BCUT2D eigenvalue weighted by atomic mass is 10.1. The van der Waals surface area contributed by atoms with Gasteiger partial charge in [0.25, 0.3) is 0 Å². The molecule has 2 aromatic rings. The lowest BCUT2D eigenvalue weighted by molar-refractivity contribution is 0.0999. The highest BCUT2D eigenvalue weighted by Crippen LogP contribution is 2.16. The zero-order valence-electron chi connectivity index (χ0n) is 12.5. The second-order valence-corrected chi connectivity index (χ2v) is 4.97. The molecule has 3 heteroatoms. The predicted molar refractivity (Wildman–Crippen MR) is 84.4 cm³/mol. The number of halogens is 1. The molecule has 110 valence electrons. The molecule has 0 saturated heterocycles. The van der Waals surface area contributed by atoms with Crippen LogP contribution < -0.4 is 4.90 Å². The molecule has 21 heavy (non-hydrogen) atoms. The number of hydrogen-bond donors (Lipinski definition) is 0. The van der Waals surface area contributed by atoms with Crippen molar-refractivity contribution in [3.63, 3.8) is 0 Å². The fourth-order valence-corrected chi connectivity index (χ4v) is 2.25. The number of likely N-dealkylation sites (N-methyl/N-ethyl adjacent to an activating group) is 1. The molecule has 0 radical (unpaired) electrons. The lowest BCUT2D eigenvalue weighted by Crippen LogP contribution is -2.29. The van der Waals surface area contributed by atoms with E-state index in [4.69, 9.17) is 0 Å². The predicted octanol–water partition coefficient (Wildman–Crippen LogP) is 4.10. The van der Waals surface area contributed by atoms with Crippen LogP contribution in [0, 0.1) is 5.82 Å². The summed E-state index contributed by atoms with van der Waals surface area (Å²) in [5, 5.41) is 0. The van der Waals surface area contributed by atoms with Crippen LogP contribution in [0.3, 0.4) is 0 Å². The van der Waals surface area contributed by atoms with Gasteiger partial charge >= 0.3 is 0 Å². The number of anilines is 1. The summed E-state index contributed by atoms with van der Waals surface area (Å²) in [6.07, 6.45) is 0.957. The highest BCUT2D eigenvalue weighted by atomic mass is 19.1. The standard InChI is InChI=1S/C18H20FNO/c1-3-14-8-10-15(11-9-14)18(21)13-20(4-2)17-7-5-6-16(19)12-17/h5-12H,3-4,13H2,1-2H3. The molecule has 0 aromatic heterocycles. The first-order chi connectivity index (χ1) is 10.1. The maximum Gasteiger partial charge on any atom is 0.182 e. The normalized spacial score (nSPS) is 10.4. The molecule has 0 unspecified atom stereocenters. The van der Waals surface area contributed by atoms with Crippen molar-refractivity contribution < 1.29 is 9.18 Å². The first-order valence-electron chi connectivity index (χ1n) is 7.26. The van der Waals surface area contributed by atoms with Gasteiger partial charge in [-0.25, -0.2) is 4.39 Å². The van der Waals surface area contributed by atoms with E-state index in [-0.39, 0.29) is 18.1 Å². The van der Waals surface area contributed by atoms with Crippen molar-refractivity contribution in [1.82, 2.24) is 0 Å². The summed E-state index contributed by atoms with van der Waals surface area (Å²) in [7, 11) is 0. The van der Waals surface area contributed by atoms with Crippen LogP contribution in [0.2, 0.25) is 0 Å². The van der Waals surface area contributed by atoms with E-state index in [1.807, 2.05) is 42.2 Å². The van der Waals surface area contributed by atoms with Crippen LogP contribution in [0.15, 0.2) is 48.5 Å². The van der Waals surface area contributed by atoms with E-state index >= 15 is 0 Å². The van der Waals surface area contributed by atoms with E-state index in [1.54, 1.807) is 6.07 Å². The highest BCUT2D eigenvalue weighted by molar-refractivity contribution is 5.99. The van der Waals surface area contributed by atoms with E-state index in [9.17, 15) is 9.18 Å². The third-order valence-electron chi connectivity index (χ3n) is 3.57. The molecule has 0 atom stereocenters. The Morgan fingerprint density at radius 1 is 1.10 bits per heavy atom. The smallest absolute Gasteiger partial charge is 0.182 e. The quantitative estimate of drug-likeness (QED) is 0.745. The molecule has 0 amide bonds. The summed E-state index contributed by atoms with van der Waals surface area (Å²) in [5.41, 5.74) is 2.64.